The maximum atomic E-state index is 12.1. The Kier molecular flexibility index (Phi) is 11.1. The van der Waals surface area contributed by atoms with E-state index in [9.17, 15) is 9.59 Å². The second kappa shape index (κ2) is 12.8. The summed E-state index contributed by atoms with van der Waals surface area (Å²) in [4.78, 5) is 30.3. The first-order valence-electron chi connectivity index (χ1n) is 8.94. The molecule has 0 aromatic heterocycles. The summed E-state index contributed by atoms with van der Waals surface area (Å²) >= 11 is 6.01. The van der Waals surface area contributed by atoms with Crippen molar-refractivity contribution in [3.63, 3.8) is 0 Å². The van der Waals surface area contributed by atoms with E-state index in [2.05, 4.69) is 20.9 Å². The van der Waals surface area contributed by atoms with Crippen molar-refractivity contribution in [3.05, 3.63) is 34.9 Å². The van der Waals surface area contributed by atoms with Crippen LogP contribution in [0.3, 0.4) is 0 Å². The summed E-state index contributed by atoms with van der Waals surface area (Å²) in [6.07, 6.45) is 2.14. The summed E-state index contributed by atoms with van der Waals surface area (Å²) in [6, 6.07) is 6.91. The molecule has 0 aliphatic carbocycles. The zero-order valence-corrected chi connectivity index (χ0v) is 18.5. The summed E-state index contributed by atoms with van der Waals surface area (Å²) < 4.78 is 0. The van der Waals surface area contributed by atoms with Crippen LogP contribution in [0.2, 0.25) is 5.02 Å². The minimum atomic E-state index is -0.219. The second-order valence-electron chi connectivity index (χ2n) is 5.95. The SMILES string of the molecule is CCNC(=NCC(=O)N1CCCC1)NCCNC(=O)c1ccccc1Cl.I. The lowest BCUT2D eigenvalue weighted by Crippen LogP contribution is -2.42. The highest BCUT2D eigenvalue weighted by molar-refractivity contribution is 14.0. The first kappa shape index (κ1) is 23.5. The van der Waals surface area contributed by atoms with Crippen LogP contribution < -0.4 is 16.0 Å². The smallest absolute Gasteiger partial charge is 0.252 e. The first-order valence-corrected chi connectivity index (χ1v) is 9.32. The van der Waals surface area contributed by atoms with Gasteiger partial charge in [0.2, 0.25) is 5.91 Å². The van der Waals surface area contributed by atoms with E-state index in [1.54, 1.807) is 24.3 Å². The lowest BCUT2D eigenvalue weighted by molar-refractivity contribution is -0.128. The molecule has 3 N–H and O–H groups in total. The number of rotatable bonds is 7. The van der Waals surface area contributed by atoms with Crippen molar-refractivity contribution in [3.8, 4) is 0 Å². The van der Waals surface area contributed by atoms with E-state index >= 15 is 0 Å². The molecule has 0 radical (unpaired) electrons. The molecule has 150 valence electrons. The molecule has 27 heavy (non-hydrogen) atoms. The topological polar surface area (TPSA) is 85.8 Å². The minimum Gasteiger partial charge on any atom is -0.357 e. The third-order valence-corrected chi connectivity index (χ3v) is 4.33. The van der Waals surface area contributed by atoms with E-state index in [1.807, 2.05) is 11.8 Å². The third-order valence-electron chi connectivity index (χ3n) is 4.00. The molecule has 0 bridgehead atoms. The Bertz CT molecular complexity index is 650. The van der Waals surface area contributed by atoms with Gasteiger partial charge in [0.25, 0.3) is 5.91 Å². The summed E-state index contributed by atoms with van der Waals surface area (Å²) in [5, 5.41) is 9.43. The molecule has 1 heterocycles. The zero-order valence-electron chi connectivity index (χ0n) is 15.5. The monoisotopic (exact) mass is 507 g/mol. The highest BCUT2D eigenvalue weighted by Crippen LogP contribution is 2.14. The molecule has 1 fully saturated rings. The van der Waals surface area contributed by atoms with Gasteiger partial charge in [-0.3, -0.25) is 9.59 Å². The molecule has 1 aromatic rings. The number of halogens is 2. The Balaban J connectivity index is 0.00000364. The third kappa shape index (κ3) is 7.92. The van der Waals surface area contributed by atoms with Gasteiger partial charge in [0.05, 0.1) is 10.6 Å². The Hall–Kier alpha value is -1.55. The average Bonchev–Trinajstić information content (AvgIpc) is 3.18. The number of aliphatic imine (C=N–C) groups is 1. The van der Waals surface area contributed by atoms with Crippen molar-refractivity contribution in [2.24, 2.45) is 4.99 Å². The number of nitrogens with zero attached hydrogens (tertiary/aromatic N) is 2. The summed E-state index contributed by atoms with van der Waals surface area (Å²) in [5.74, 6) is 0.391. The van der Waals surface area contributed by atoms with Crippen LogP contribution in [0.15, 0.2) is 29.3 Å². The molecule has 9 heteroatoms. The van der Waals surface area contributed by atoms with Crippen molar-refractivity contribution >= 4 is 53.4 Å². The molecule has 1 aliphatic rings. The number of hydrogen-bond acceptors (Lipinski definition) is 3. The van der Waals surface area contributed by atoms with E-state index in [1.165, 1.54) is 0 Å². The first-order chi connectivity index (χ1) is 12.6. The molecular weight excluding hydrogens is 481 g/mol. The molecule has 0 unspecified atom stereocenters. The Morgan fingerprint density at radius 1 is 1.11 bits per heavy atom. The van der Waals surface area contributed by atoms with Gasteiger partial charge in [-0.25, -0.2) is 4.99 Å². The highest BCUT2D eigenvalue weighted by atomic mass is 127. The zero-order chi connectivity index (χ0) is 18.8. The molecular formula is C18H27ClIN5O2. The second-order valence-corrected chi connectivity index (χ2v) is 6.35. The molecule has 2 rings (SSSR count). The summed E-state index contributed by atoms with van der Waals surface area (Å²) in [7, 11) is 0. The van der Waals surface area contributed by atoms with Gasteiger partial charge in [-0.05, 0) is 31.9 Å². The predicted molar refractivity (Wildman–Crippen MR) is 119 cm³/mol. The van der Waals surface area contributed by atoms with Gasteiger partial charge in [-0.15, -0.1) is 24.0 Å². The van der Waals surface area contributed by atoms with Crippen molar-refractivity contribution < 1.29 is 9.59 Å². The largest absolute Gasteiger partial charge is 0.357 e. The van der Waals surface area contributed by atoms with Crippen LogP contribution in [-0.4, -0.2) is 61.9 Å². The van der Waals surface area contributed by atoms with Crippen LogP contribution in [0.4, 0.5) is 0 Å². The summed E-state index contributed by atoms with van der Waals surface area (Å²) in [6.45, 7) is 5.32. The van der Waals surface area contributed by atoms with E-state index in [-0.39, 0.29) is 42.3 Å². The quantitative estimate of drug-likeness (QED) is 0.228. The number of carbonyl (C=O) groups is 2. The van der Waals surface area contributed by atoms with Crippen molar-refractivity contribution in [2.45, 2.75) is 19.8 Å². The fourth-order valence-corrected chi connectivity index (χ4v) is 2.87. The van der Waals surface area contributed by atoms with Gasteiger partial charge in [0, 0.05) is 32.7 Å². The van der Waals surface area contributed by atoms with Crippen LogP contribution in [0.25, 0.3) is 0 Å². The molecule has 1 saturated heterocycles. The van der Waals surface area contributed by atoms with Crippen LogP contribution in [0.5, 0.6) is 0 Å². The number of benzene rings is 1. The van der Waals surface area contributed by atoms with Crippen LogP contribution in [0, 0.1) is 0 Å². The van der Waals surface area contributed by atoms with E-state index in [0.29, 0.717) is 36.2 Å². The minimum absolute atomic E-state index is 0. The van der Waals surface area contributed by atoms with Crippen molar-refractivity contribution in [1.29, 1.82) is 0 Å². The Labute approximate surface area is 182 Å². The van der Waals surface area contributed by atoms with Gasteiger partial charge < -0.3 is 20.9 Å². The van der Waals surface area contributed by atoms with Gasteiger partial charge in [0.15, 0.2) is 5.96 Å². The van der Waals surface area contributed by atoms with Gasteiger partial charge in [-0.2, -0.15) is 0 Å². The molecule has 7 nitrogen and oxygen atoms in total. The summed E-state index contributed by atoms with van der Waals surface area (Å²) in [5.41, 5.74) is 0.450. The maximum Gasteiger partial charge on any atom is 0.252 e. The molecule has 0 saturated carbocycles. The van der Waals surface area contributed by atoms with E-state index in [4.69, 9.17) is 11.6 Å². The maximum absolute atomic E-state index is 12.1. The van der Waals surface area contributed by atoms with E-state index in [0.717, 1.165) is 25.9 Å². The number of carbonyl (C=O) groups excluding carboxylic acids is 2. The average molecular weight is 508 g/mol. The van der Waals surface area contributed by atoms with Crippen LogP contribution in [-0.2, 0) is 4.79 Å². The number of nitrogens with one attached hydrogen (secondary N) is 3. The lowest BCUT2D eigenvalue weighted by Gasteiger charge is -2.15. The number of hydrogen-bond donors (Lipinski definition) is 3. The van der Waals surface area contributed by atoms with Gasteiger partial charge >= 0.3 is 0 Å². The predicted octanol–water partition coefficient (Wildman–Crippen LogP) is 1.87. The lowest BCUT2D eigenvalue weighted by atomic mass is 10.2. The molecule has 2 amide bonds. The van der Waals surface area contributed by atoms with Crippen molar-refractivity contribution in [1.82, 2.24) is 20.9 Å². The van der Waals surface area contributed by atoms with Gasteiger partial charge in [0.1, 0.15) is 6.54 Å². The number of guanidine groups is 1. The molecule has 1 aliphatic heterocycles. The number of amides is 2. The van der Waals surface area contributed by atoms with Crippen LogP contribution >= 0.6 is 35.6 Å². The molecule has 0 spiro atoms. The standard InChI is InChI=1S/C18H26ClN5O2.HI/c1-2-20-18(23-13-16(25)24-11-5-6-12-24)22-10-9-21-17(26)14-7-3-4-8-15(14)19;/h3-4,7-8H,2,5-6,9-13H2,1H3,(H,21,26)(H2,20,22,23);1H. The highest BCUT2D eigenvalue weighted by Gasteiger charge is 2.17. The van der Waals surface area contributed by atoms with Crippen molar-refractivity contribution in [2.75, 3.05) is 39.3 Å². The van der Waals surface area contributed by atoms with Crippen LogP contribution in [0.1, 0.15) is 30.1 Å². The normalized spacial score (nSPS) is 13.7. The van der Waals surface area contributed by atoms with Gasteiger partial charge in [-0.1, -0.05) is 23.7 Å². The Morgan fingerprint density at radius 3 is 2.44 bits per heavy atom. The molecule has 1 aromatic carbocycles. The van der Waals surface area contributed by atoms with E-state index < -0.39 is 0 Å². The number of likely N-dealkylation sites (tertiary alicyclic amines) is 1. The fraction of sp³-hybridized carbons (Fsp3) is 0.500. The Morgan fingerprint density at radius 2 is 1.78 bits per heavy atom. The molecule has 0 atom stereocenters. The fourth-order valence-electron chi connectivity index (χ4n) is 2.65.